The number of ether oxygens (including phenoxy) is 2. The Balaban J connectivity index is 1.58. The van der Waals surface area contributed by atoms with Crippen molar-refractivity contribution in [2.24, 2.45) is 0 Å². The number of hydrogen-bond acceptors (Lipinski definition) is 4. The van der Waals surface area contributed by atoms with E-state index in [1.54, 1.807) is 18.7 Å². The molecule has 0 fully saturated rings. The van der Waals surface area contributed by atoms with Crippen LogP contribution in [0.4, 0.5) is 4.79 Å². The van der Waals surface area contributed by atoms with Crippen LogP contribution in [-0.2, 0) is 22.7 Å². The SMILES string of the molecule is CCOC(=O)C1=C(C)N(Cc2ccccc2)C(=O)N[C@H]1c1ccc(OCc2ccccc2)cc1. The zero-order chi connectivity index (χ0) is 23.9. The highest BCUT2D eigenvalue weighted by atomic mass is 16.5. The van der Waals surface area contributed by atoms with Gasteiger partial charge in [0.2, 0.25) is 0 Å². The average Bonchev–Trinajstić information content (AvgIpc) is 2.86. The fourth-order valence-electron chi connectivity index (χ4n) is 3.96. The molecule has 0 radical (unpaired) electrons. The van der Waals surface area contributed by atoms with Gasteiger partial charge in [-0.05, 0) is 42.7 Å². The van der Waals surface area contributed by atoms with Crippen molar-refractivity contribution in [3.05, 3.63) is 113 Å². The fraction of sp³-hybridized carbons (Fsp3) is 0.214. The van der Waals surface area contributed by atoms with Gasteiger partial charge in [0, 0.05) is 5.70 Å². The molecule has 1 atom stereocenters. The lowest BCUT2D eigenvalue weighted by Crippen LogP contribution is -2.47. The summed E-state index contributed by atoms with van der Waals surface area (Å²) in [5.74, 6) is 0.270. The van der Waals surface area contributed by atoms with Crippen LogP contribution in [0.25, 0.3) is 0 Å². The van der Waals surface area contributed by atoms with Crippen molar-refractivity contribution in [1.82, 2.24) is 10.2 Å². The standard InChI is InChI=1S/C28H28N2O4/c1-3-33-27(31)25-20(2)30(18-21-10-6-4-7-11-21)28(32)29-26(25)23-14-16-24(17-15-23)34-19-22-12-8-5-9-13-22/h4-17,26H,3,18-19H2,1-2H3,(H,29,32)/t26-/m0/s1. The fourth-order valence-corrected chi connectivity index (χ4v) is 3.96. The summed E-state index contributed by atoms with van der Waals surface area (Å²) in [6.45, 7) is 4.63. The third kappa shape index (κ3) is 5.29. The van der Waals surface area contributed by atoms with E-state index in [1.807, 2.05) is 84.9 Å². The molecule has 3 aromatic rings. The number of carbonyl (C=O) groups excluding carboxylic acids is 2. The second-order valence-electron chi connectivity index (χ2n) is 8.02. The van der Waals surface area contributed by atoms with Crippen molar-refractivity contribution >= 4 is 12.0 Å². The van der Waals surface area contributed by atoms with Crippen molar-refractivity contribution in [2.45, 2.75) is 33.0 Å². The molecule has 34 heavy (non-hydrogen) atoms. The number of esters is 1. The van der Waals surface area contributed by atoms with Crippen LogP contribution in [0.15, 0.2) is 96.2 Å². The molecule has 0 bridgehead atoms. The smallest absolute Gasteiger partial charge is 0.338 e. The van der Waals surface area contributed by atoms with E-state index in [0.717, 1.165) is 16.7 Å². The van der Waals surface area contributed by atoms with Crippen molar-refractivity contribution in [3.8, 4) is 5.75 Å². The van der Waals surface area contributed by atoms with Crippen LogP contribution in [0.2, 0.25) is 0 Å². The summed E-state index contributed by atoms with van der Waals surface area (Å²) in [5.41, 5.74) is 3.84. The minimum absolute atomic E-state index is 0.251. The largest absolute Gasteiger partial charge is 0.489 e. The van der Waals surface area contributed by atoms with Gasteiger partial charge in [-0.2, -0.15) is 0 Å². The van der Waals surface area contributed by atoms with E-state index < -0.39 is 12.0 Å². The van der Waals surface area contributed by atoms with Crippen molar-refractivity contribution in [1.29, 1.82) is 0 Å². The maximum Gasteiger partial charge on any atom is 0.338 e. The van der Waals surface area contributed by atoms with Crippen LogP contribution in [0.5, 0.6) is 5.75 Å². The topological polar surface area (TPSA) is 67.9 Å². The Labute approximate surface area is 199 Å². The zero-order valence-electron chi connectivity index (χ0n) is 19.4. The van der Waals surface area contributed by atoms with Crippen LogP contribution in [0.1, 0.15) is 36.6 Å². The lowest BCUT2D eigenvalue weighted by Gasteiger charge is -2.35. The Morgan fingerprint density at radius 3 is 2.15 bits per heavy atom. The van der Waals surface area contributed by atoms with Gasteiger partial charge in [0.05, 0.1) is 24.8 Å². The summed E-state index contributed by atoms with van der Waals surface area (Å²) in [7, 11) is 0. The first kappa shape index (κ1) is 23.1. The van der Waals surface area contributed by atoms with E-state index in [2.05, 4.69) is 5.32 Å². The minimum Gasteiger partial charge on any atom is -0.489 e. The Morgan fingerprint density at radius 2 is 1.53 bits per heavy atom. The van der Waals surface area contributed by atoms with Crippen molar-refractivity contribution < 1.29 is 19.1 Å². The van der Waals surface area contributed by atoms with Gasteiger partial charge in [-0.15, -0.1) is 0 Å². The maximum atomic E-state index is 13.0. The molecule has 0 saturated carbocycles. The number of rotatable bonds is 8. The molecule has 3 aromatic carbocycles. The Kier molecular flexibility index (Phi) is 7.28. The molecule has 0 aliphatic carbocycles. The monoisotopic (exact) mass is 456 g/mol. The zero-order valence-corrected chi connectivity index (χ0v) is 19.4. The molecule has 0 saturated heterocycles. The molecule has 1 N–H and O–H groups in total. The predicted molar refractivity (Wildman–Crippen MR) is 130 cm³/mol. The summed E-state index contributed by atoms with van der Waals surface area (Å²) in [5, 5.41) is 2.99. The van der Waals surface area contributed by atoms with E-state index in [-0.39, 0.29) is 12.6 Å². The van der Waals surface area contributed by atoms with Gasteiger partial charge >= 0.3 is 12.0 Å². The first-order valence-electron chi connectivity index (χ1n) is 11.3. The number of nitrogens with zero attached hydrogens (tertiary/aromatic N) is 1. The maximum absolute atomic E-state index is 13.0. The number of urea groups is 1. The Morgan fingerprint density at radius 1 is 0.912 bits per heavy atom. The van der Waals surface area contributed by atoms with Gasteiger partial charge in [-0.1, -0.05) is 72.8 Å². The third-order valence-electron chi connectivity index (χ3n) is 5.74. The Bertz CT molecular complexity index is 1160. The minimum atomic E-state index is -0.609. The van der Waals surface area contributed by atoms with Gasteiger partial charge in [-0.3, -0.25) is 4.90 Å². The van der Waals surface area contributed by atoms with Crippen LogP contribution < -0.4 is 10.1 Å². The highest BCUT2D eigenvalue weighted by molar-refractivity contribution is 5.95. The van der Waals surface area contributed by atoms with Gasteiger partial charge in [0.25, 0.3) is 0 Å². The number of hydrogen-bond donors (Lipinski definition) is 1. The van der Waals surface area contributed by atoms with Crippen molar-refractivity contribution in [2.75, 3.05) is 6.61 Å². The average molecular weight is 457 g/mol. The van der Waals surface area contributed by atoms with Gasteiger partial charge in [0.1, 0.15) is 12.4 Å². The molecule has 1 aliphatic rings. The number of nitrogens with one attached hydrogen (secondary N) is 1. The van der Waals surface area contributed by atoms with Crippen LogP contribution in [-0.4, -0.2) is 23.5 Å². The predicted octanol–water partition coefficient (Wildman–Crippen LogP) is 5.37. The summed E-state index contributed by atoms with van der Waals surface area (Å²) in [6.07, 6.45) is 0. The highest BCUT2D eigenvalue weighted by Gasteiger charge is 2.36. The molecule has 0 aromatic heterocycles. The molecule has 0 unspecified atom stereocenters. The quantitative estimate of drug-likeness (QED) is 0.463. The van der Waals surface area contributed by atoms with Gasteiger partial charge < -0.3 is 14.8 Å². The number of benzene rings is 3. The summed E-state index contributed by atoms with van der Waals surface area (Å²) in [6, 6.07) is 26.1. The molecular weight excluding hydrogens is 428 g/mol. The lowest BCUT2D eigenvalue weighted by atomic mass is 9.94. The van der Waals surface area contributed by atoms with E-state index >= 15 is 0 Å². The molecule has 1 heterocycles. The summed E-state index contributed by atoms with van der Waals surface area (Å²) < 4.78 is 11.2. The van der Waals surface area contributed by atoms with E-state index in [1.165, 1.54) is 0 Å². The van der Waals surface area contributed by atoms with E-state index in [9.17, 15) is 9.59 Å². The van der Waals surface area contributed by atoms with Gasteiger partial charge in [0.15, 0.2) is 0 Å². The third-order valence-corrected chi connectivity index (χ3v) is 5.74. The number of carbonyl (C=O) groups is 2. The molecule has 6 heteroatoms. The molecule has 0 spiro atoms. The van der Waals surface area contributed by atoms with Crippen LogP contribution >= 0.6 is 0 Å². The molecule has 1 aliphatic heterocycles. The molecule has 4 rings (SSSR count). The normalized spacial score (nSPS) is 15.6. The van der Waals surface area contributed by atoms with E-state index in [0.29, 0.717) is 30.2 Å². The first-order valence-corrected chi connectivity index (χ1v) is 11.3. The molecular formula is C28H28N2O4. The number of allylic oxidation sites excluding steroid dienone is 1. The molecule has 174 valence electrons. The van der Waals surface area contributed by atoms with Crippen LogP contribution in [0.3, 0.4) is 0 Å². The Hall–Kier alpha value is -4.06. The summed E-state index contributed by atoms with van der Waals surface area (Å²) >= 11 is 0. The van der Waals surface area contributed by atoms with Gasteiger partial charge in [-0.25, -0.2) is 9.59 Å². The van der Waals surface area contributed by atoms with Crippen molar-refractivity contribution in [3.63, 3.8) is 0 Å². The second kappa shape index (κ2) is 10.7. The number of amides is 2. The first-order chi connectivity index (χ1) is 16.6. The highest BCUT2D eigenvalue weighted by Crippen LogP contribution is 2.33. The summed E-state index contributed by atoms with van der Waals surface area (Å²) in [4.78, 5) is 27.6. The second-order valence-corrected chi connectivity index (χ2v) is 8.02. The van der Waals surface area contributed by atoms with E-state index in [4.69, 9.17) is 9.47 Å². The molecule has 2 amide bonds. The van der Waals surface area contributed by atoms with Crippen LogP contribution in [0, 0.1) is 0 Å². The molecule has 6 nitrogen and oxygen atoms in total. The lowest BCUT2D eigenvalue weighted by molar-refractivity contribution is -0.139.